The van der Waals surface area contributed by atoms with Crippen molar-refractivity contribution < 1.29 is 4.74 Å². The number of pyridine rings is 1. The van der Waals surface area contributed by atoms with Gasteiger partial charge in [-0.2, -0.15) is 0 Å². The topological polar surface area (TPSA) is 17.4 Å². The summed E-state index contributed by atoms with van der Waals surface area (Å²) in [6.45, 7) is 7.91. The minimum atomic E-state index is 0.848. The average Bonchev–Trinajstić information content (AvgIpc) is 2.55. The van der Waals surface area contributed by atoms with Crippen molar-refractivity contribution in [2.45, 2.75) is 13.5 Å². The third-order valence-corrected chi connectivity index (χ3v) is 4.40. The molecule has 0 unspecified atom stereocenters. The van der Waals surface area contributed by atoms with Crippen molar-refractivity contribution >= 4 is 12.2 Å². The van der Waals surface area contributed by atoms with Gasteiger partial charge in [0.15, 0.2) is 0 Å². The summed E-state index contributed by atoms with van der Waals surface area (Å²) in [5.74, 6) is 0. The van der Waals surface area contributed by atoms with Gasteiger partial charge < -0.3 is 9.30 Å². The Labute approximate surface area is 137 Å². The predicted octanol–water partition coefficient (Wildman–Crippen LogP) is 3.53. The first kappa shape index (κ1) is 15.4. The smallest absolute Gasteiger partial charge is 0.0594 e. The second-order valence-corrected chi connectivity index (χ2v) is 6.16. The molecule has 1 saturated heterocycles. The van der Waals surface area contributed by atoms with E-state index in [1.165, 1.54) is 17.0 Å². The standard InChI is InChI=1S/C18H22N2OS/c1-15-13-17(22)14-18(16-5-3-2-4-6-16)20(15)8-7-19-9-11-21-12-10-19/h2-6,13-14H,7-12H2,1H3. The molecule has 116 valence electrons. The first-order valence-corrected chi connectivity index (χ1v) is 8.22. The fraction of sp³-hybridized carbons (Fsp3) is 0.389. The molecule has 1 aliphatic heterocycles. The van der Waals surface area contributed by atoms with Crippen molar-refractivity contribution in [3.63, 3.8) is 0 Å². The molecule has 1 fully saturated rings. The monoisotopic (exact) mass is 314 g/mol. The maximum Gasteiger partial charge on any atom is 0.0594 e. The van der Waals surface area contributed by atoms with E-state index in [2.05, 4.69) is 52.8 Å². The van der Waals surface area contributed by atoms with Crippen LogP contribution in [0.1, 0.15) is 5.69 Å². The molecule has 1 aromatic heterocycles. The van der Waals surface area contributed by atoms with E-state index in [0.29, 0.717) is 0 Å². The van der Waals surface area contributed by atoms with Crippen LogP contribution in [0, 0.1) is 11.4 Å². The van der Waals surface area contributed by atoms with Crippen molar-refractivity contribution in [1.29, 1.82) is 0 Å². The van der Waals surface area contributed by atoms with Crippen molar-refractivity contribution in [2.24, 2.45) is 0 Å². The highest BCUT2D eigenvalue weighted by Crippen LogP contribution is 2.21. The lowest BCUT2D eigenvalue weighted by molar-refractivity contribution is 0.0364. The number of benzene rings is 1. The van der Waals surface area contributed by atoms with Crippen LogP contribution in [0.5, 0.6) is 0 Å². The molecule has 1 aromatic carbocycles. The lowest BCUT2D eigenvalue weighted by atomic mass is 10.1. The fourth-order valence-electron chi connectivity index (χ4n) is 2.94. The summed E-state index contributed by atoms with van der Waals surface area (Å²) in [4.78, 5) is 2.46. The number of hydrogen-bond acceptors (Lipinski definition) is 3. The zero-order chi connectivity index (χ0) is 15.4. The molecule has 0 aliphatic carbocycles. The Morgan fingerprint density at radius 2 is 1.77 bits per heavy atom. The van der Waals surface area contributed by atoms with Crippen LogP contribution in [0.3, 0.4) is 0 Å². The van der Waals surface area contributed by atoms with Gasteiger partial charge in [-0.3, -0.25) is 4.90 Å². The highest BCUT2D eigenvalue weighted by atomic mass is 32.1. The molecule has 2 heterocycles. The molecule has 0 bridgehead atoms. The van der Waals surface area contributed by atoms with Gasteiger partial charge in [0.2, 0.25) is 0 Å². The number of rotatable bonds is 4. The number of aromatic nitrogens is 1. The summed E-state index contributed by atoms with van der Waals surface area (Å²) in [7, 11) is 0. The normalized spacial score (nSPS) is 15.9. The number of morpholine rings is 1. The molecule has 4 heteroatoms. The largest absolute Gasteiger partial charge is 0.379 e. The third kappa shape index (κ3) is 3.64. The number of aryl methyl sites for hydroxylation is 1. The van der Waals surface area contributed by atoms with E-state index in [1.807, 2.05) is 6.07 Å². The van der Waals surface area contributed by atoms with Crippen LogP contribution in [0.4, 0.5) is 0 Å². The Kier molecular flexibility index (Phi) is 5.03. The minimum absolute atomic E-state index is 0.848. The molecule has 0 saturated carbocycles. The summed E-state index contributed by atoms with van der Waals surface area (Å²) in [5, 5.41) is 0. The molecule has 0 N–H and O–H groups in total. The Hall–Kier alpha value is -1.49. The molecular formula is C18H22N2OS. The first-order chi connectivity index (χ1) is 10.7. The van der Waals surface area contributed by atoms with Crippen molar-refractivity contribution in [2.75, 3.05) is 32.8 Å². The van der Waals surface area contributed by atoms with Crippen LogP contribution in [0.25, 0.3) is 11.3 Å². The third-order valence-electron chi connectivity index (χ3n) is 4.16. The van der Waals surface area contributed by atoms with E-state index in [0.717, 1.165) is 43.9 Å². The predicted molar refractivity (Wildman–Crippen MR) is 92.7 cm³/mol. The van der Waals surface area contributed by atoms with Gasteiger partial charge >= 0.3 is 0 Å². The van der Waals surface area contributed by atoms with Crippen LogP contribution < -0.4 is 0 Å². The van der Waals surface area contributed by atoms with Gasteiger partial charge in [0.05, 0.1) is 13.2 Å². The second-order valence-electron chi connectivity index (χ2n) is 5.69. The zero-order valence-electron chi connectivity index (χ0n) is 13.0. The van der Waals surface area contributed by atoms with Gasteiger partial charge in [-0.25, -0.2) is 0 Å². The number of hydrogen-bond donors (Lipinski definition) is 0. The molecule has 0 amide bonds. The molecule has 3 rings (SSSR count). The van der Waals surface area contributed by atoms with E-state index < -0.39 is 0 Å². The second kappa shape index (κ2) is 7.18. The van der Waals surface area contributed by atoms with Crippen LogP contribution in [0.2, 0.25) is 0 Å². The zero-order valence-corrected chi connectivity index (χ0v) is 13.8. The molecule has 0 spiro atoms. The van der Waals surface area contributed by atoms with E-state index in [1.54, 1.807) is 0 Å². The molecular weight excluding hydrogens is 292 g/mol. The highest BCUT2D eigenvalue weighted by molar-refractivity contribution is 7.71. The van der Waals surface area contributed by atoms with Crippen LogP contribution in [-0.4, -0.2) is 42.3 Å². The molecule has 3 nitrogen and oxygen atoms in total. The van der Waals surface area contributed by atoms with E-state index >= 15 is 0 Å². The average molecular weight is 314 g/mol. The summed E-state index contributed by atoms with van der Waals surface area (Å²) in [6.07, 6.45) is 0. The Balaban J connectivity index is 1.87. The summed E-state index contributed by atoms with van der Waals surface area (Å²) < 4.78 is 8.70. The number of ether oxygens (including phenoxy) is 1. The Morgan fingerprint density at radius 3 is 2.50 bits per heavy atom. The number of nitrogens with zero attached hydrogens (tertiary/aromatic N) is 2. The maximum atomic E-state index is 5.42. The summed E-state index contributed by atoms with van der Waals surface area (Å²) in [5.41, 5.74) is 3.65. The molecule has 2 aromatic rings. The summed E-state index contributed by atoms with van der Waals surface area (Å²) in [6, 6.07) is 14.7. The van der Waals surface area contributed by atoms with E-state index in [-0.39, 0.29) is 0 Å². The molecule has 1 aliphatic rings. The Bertz CT molecular complexity index is 675. The lowest BCUT2D eigenvalue weighted by Gasteiger charge is -2.28. The van der Waals surface area contributed by atoms with Crippen LogP contribution in [-0.2, 0) is 11.3 Å². The van der Waals surface area contributed by atoms with Crippen molar-refractivity contribution in [3.05, 3.63) is 52.7 Å². The van der Waals surface area contributed by atoms with Gasteiger partial charge in [0, 0.05) is 42.1 Å². The Morgan fingerprint density at radius 1 is 1.05 bits per heavy atom. The van der Waals surface area contributed by atoms with Crippen molar-refractivity contribution in [3.8, 4) is 11.3 Å². The van der Waals surface area contributed by atoms with Gasteiger partial charge in [0.25, 0.3) is 0 Å². The van der Waals surface area contributed by atoms with Crippen molar-refractivity contribution in [1.82, 2.24) is 9.47 Å². The van der Waals surface area contributed by atoms with Gasteiger partial charge in [-0.15, -0.1) is 0 Å². The SMILES string of the molecule is Cc1cc(=S)cc(-c2ccccc2)n1CCN1CCOCC1. The molecule has 0 atom stereocenters. The van der Waals surface area contributed by atoms with E-state index in [9.17, 15) is 0 Å². The quantitative estimate of drug-likeness (QED) is 0.804. The van der Waals surface area contributed by atoms with Gasteiger partial charge in [-0.1, -0.05) is 42.5 Å². The maximum absolute atomic E-state index is 5.42. The summed E-state index contributed by atoms with van der Waals surface area (Å²) >= 11 is 5.42. The van der Waals surface area contributed by atoms with E-state index in [4.69, 9.17) is 17.0 Å². The molecule has 22 heavy (non-hydrogen) atoms. The minimum Gasteiger partial charge on any atom is -0.379 e. The van der Waals surface area contributed by atoms with Crippen LogP contribution >= 0.6 is 12.2 Å². The fourth-order valence-corrected chi connectivity index (χ4v) is 3.22. The molecule has 0 radical (unpaired) electrons. The van der Waals surface area contributed by atoms with Gasteiger partial charge in [0.1, 0.15) is 0 Å². The van der Waals surface area contributed by atoms with Crippen LogP contribution in [0.15, 0.2) is 42.5 Å². The van der Waals surface area contributed by atoms with Gasteiger partial charge in [-0.05, 0) is 24.6 Å². The first-order valence-electron chi connectivity index (χ1n) is 7.81. The lowest BCUT2D eigenvalue weighted by Crippen LogP contribution is -2.38. The highest BCUT2D eigenvalue weighted by Gasteiger charge is 2.12.